The third-order valence-electron chi connectivity index (χ3n) is 3.94. The third kappa shape index (κ3) is 4.32. The van der Waals surface area contributed by atoms with Gasteiger partial charge >= 0.3 is 0 Å². The number of hydrogen-bond acceptors (Lipinski definition) is 3. The lowest BCUT2D eigenvalue weighted by molar-refractivity contribution is 0.0949. The van der Waals surface area contributed by atoms with Gasteiger partial charge in [-0.25, -0.2) is 0 Å². The molecule has 20 heavy (non-hydrogen) atoms. The topological polar surface area (TPSA) is 54.9 Å². The van der Waals surface area contributed by atoms with E-state index in [2.05, 4.69) is 22.4 Å². The van der Waals surface area contributed by atoms with Crippen LogP contribution in [-0.2, 0) is 0 Å². The summed E-state index contributed by atoms with van der Waals surface area (Å²) >= 11 is 11.6. The molecule has 6 heteroatoms. The van der Waals surface area contributed by atoms with E-state index in [4.69, 9.17) is 23.2 Å². The van der Waals surface area contributed by atoms with Gasteiger partial charge in [-0.05, 0) is 24.3 Å². The van der Waals surface area contributed by atoms with E-state index in [0.717, 1.165) is 18.3 Å². The van der Waals surface area contributed by atoms with Gasteiger partial charge in [-0.15, -0.1) is 10.2 Å². The fourth-order valence-electron chi connectivity index (χ4n) is 2.62. The van der Waals surface area contributed by atoms with E-state index in [9.17, 15) is 4.79 Å². The summed E-state index contributed by atoms with van der Waals surface area (Å²) in [5.41, 5.74) is 0.281. The molecule has 110 valence electrons. The fraction of sp³-hybridized carbons (Fsp3) is 0.643. The van der Waals surface area contributed by atoms with Crippen molar-refractivity contribution < 1.29 is 4.79 Å². The predicted molar refractivity (Wildman–Crippen MR) is 80.1 cm³/mol. The Morgan fingerprint density at radius 1 is 1.30 bits per heavy atom. The SMILES string of the molecule is CC1CCC(CCNC(=O)c2cc(Cl)nnc2Cl)CC1. The van der Waals surface area contributed by atoms with Crippen LogP contribution in [0.25, 0.3) is 0 Å². The highest BCUT2D eigenvalue weighted by molar-refractivity contribution is 6.34. The first-order valence-corrected chi connectivity index (χ1v) is 7.78. The number of hydrogen-bond donors (Lipinski definition) is 1. The smallest absolute Gasteiger partial charge is 0.254 e. The first-order valence-electron chi connectivity index (χ1n) is 7.03. The van der Waals surface area contributed by atoms with E-state index >= 15 is 0 Å². The number of carbonyl (C=O) groups excluding carboxylic acids is 1. The predicted octanol–water partition coefficient (Wildman–Crippen LogP) is 3.73. The molecule has 4 nitrogen and oxygen atoms in total. The average Bonchev–Trinajstić information content (AvgIpc) is 2.43. The Morgan fingerprint density at radius 2 is 2.00 bits per heavy atom. The Bertz CT molecular complexity index is 473. The Labute approximate surface area is 129 Å². The molecule has 1 heterocycles. The lowest BCUT2D eigenvalue weighted by Gasteiger charge is -2.26. The molecule has 0 bridgehead atoms. The van der Waals surface area contributed by atoms with E-state index in [1.54, 1.807) is 0 Å². The van der Waals surface area contributed by atoms with Gasteiger partial charge in [0.1, 0.15) is 0 Å². The van der Waals surface area contributed by atoms with Gasteiger partial charge in [0.2, 0.25) is 0 Å². The lowest BCUT2D eigenvalue weighted by Crippen LogP contribution is -2.27. The molecule has 1 saturated carbocycles. The van der Waals surface area contributed by atoms with Crippen molar-refractivity contribution in [2.24, 2.45) is 11.8 Å². The van der Waals surface area contributed by atoms with Crippen molar-refractivity contribution in [1.82, 2.24) is 15.5 Å². The van der Waals surface area contributed by atoms with Crippen LogP contribution in [0.15, 0.2) is 6.07 Å². The molecule has 0 saturated heterocycles. The summed E-state index contributed by atoms with van der Waals surface area (Å²) in [6, 6.07) is 1.44. The maximum Gasteiger partial charge on any atom is 0.254 e. The molecule has 1 aliphatic carbocycles. The van der Waals surface area contributed by atoms with E-state index in [1.807, 2.05) is 0 Å². The van der Waals surface area contributed by atoms with E-state index < -0.39 is 0 Å². The van der Waals surface area contributed by atoms with Crippen LogP contribution in [0.5, 0.6) is 0 Å². The molecular formula is C14H19Cl2N3O. The Balaban J connectivity index is 1.79. The maximum absolute atomic E-state index is 12.0. The van der Waals surface area contributed by atoms with Crippen molar-refractivity contribution in [3.05, 3.63) is 21.9 Å². The van der Waals surface area contributed by atoms with E-state index in [1.165, 1.54) is 31.7 Å². The van der Waals surface area contributed by atoms with Crippen LogP contribution < -0.4 is 5.32 Å². The van der Waals surface area contributed by atoms with Gasteiger partial charge < -0.3 is 5.32 Å². The van der Waals surface area contributed by atoms with E-state index in [0.29, 0.717) is 6.54 Å². The molecule has 1 aliphatic rings. The number of aromatic nitrogens is 2. The summed E-state index contributed by atoms with van der Waals surface area (Å²) in [5, 5.41) is 10.3. The molecule has 1 N–H and O–H groups in total. The van der Waals surface area contributed by atoms with Crippen LogP contribution in [0.4, 0.5) is 0 Å². The van der Waals surface area contributed by atoms with Crippen molar-refractivity contribution >= 4 is 29.1 Å². The Hall–Kier alpha value is -0.870. The van der Waals surface area contributed by atoms with Gasteiger partial charge in [-0.1, -0.05) is 55.8 Å². The normalized spacial score (nSPS) is 22.6. The quantitative estimate of drug-likeness (QED) is 0.921. The summed E-state index contributed by atoms with van der Waals surface area (Å²) in [6.07, 6.45) is 6.14. The summed E-state index contributed by atoms with van der Waals surface area (Å²) in [5.74, 6) is 1.33. The second kappa shape index (κ2) is 7.23. The van der Waals surface area contributed by atoms with Crippen molar-refractivity contribution in [1.29, 1.82) is 0 Å². The molecule has 0 radical (unpaired) electrons. The van der Waals surface area contributed by atoms with Gasteiger partial charge in [-0.2, -0.15) is 0 Å². The molecule has 1 fully saturated rings. The number of amides is 1. The largest absolute Gasteiger partial charge is 0.352 e. The van der Waals surface area contributed by atoms with Gasteiger partial charge in [0.15, 0.2) is 10.3 Å². The Morgan fingerprint density at radius 3 is 2.70 bits per heavy atom. The zero-order chi connectivity index (χ0) is 14.5. The Kier molecular flexibility index (Phi) is 5.61. The fourth-order valence-corrected chi connectivity index (χ4v) is 2.94. The number of halogens is 2. The van der Waals surface area contributed by atoms with Gasteiger partial charge in [-0.3, -0.25) is 4.79 Å². The standard InChI is InChI=1S/C14H19Cl2N3O/c1-9-2-4-10(5-3-9)6-7-17-14(20)11-8-12(15)18-19-13(11)16/h8-10H,2-7H2,1H3,(H,17,20). The average molecular weight is 316 g/mol. The second-order valence-electron chi connectivity index (χ2n) is 5.54. The van der Waals surface area contributed by atoms with Crippen LogP contribution in [-0.4, -0.2) is 22.6 Å². The minimum absolute atomic E-state index is 0.0818. The number of nitrogens with one attached hydrogen (secondary N) is 1. The molecule has 1 amide bonds. The number of rotatable bonds is 4. The molecule has 0 spiro atoms. The van der Waals surface area contributed by atoms with Crippen molar-refractivity contribution in [3.63, 3.8) is 0 Å². The van der Waals surface area contributed by atoms with E-state index in [-0.39, 0.29) is 21.8 Å². The molecule has 0 unspecified atom stereocenters. The summed E-state index contributed by atoms with van der Waals surface area (Å²) in [7, 11) is 0. The minimum Gasteiger partial charge on any atom is -0.352 e. The van der Waals surface area contributed by atoms with Crippen LogP contribution in [0, 0.1) is 11.8 Å². The molecule has 0 aliphatic heterocycles. The van der Waals surface area contributed by atoms with Crippen molar-refractivity contribution in [2.45, 2.75) is 39.0 Å². The summed E-state index contributed by atoms with van der Waals surface area (Å²) in [4.78, 5) is 12.0. The third-order valence-corrected chi connectivity index (χ3v) is 4.40. The van der Waals surface area contributed by atoms with Crippen LogP contribution in [0.1, 0.15) is 49.4 Å². The van der Waals surface area contributed by atoms with Crippen molar-refractivity contribution in [2.75, 3.05) is 6.54 Å². The van der Waals surface area contributed by atoms with Crippen molar-refractivity contribution in [3.8, 4) is 0 Å². The molecule has 0 atom stereocenters. The summed E-state index contributed by atoms with van der Waals surface area (Å²) in [6.45, 7) is 2.97. The van der Waals surface area contributed by atoms with Gasteiger partial charge in [0.25, 0.3) is 5.91 Å². The number of nitrogens with zero attached hydrogens (tertiary/aromatic N) is 2. The highest BCUT2D eigenvalue weighted by Crippen LogP contribution is 2.29. The maximum atomic E-state index is 12.0. The first-order chi connectivity index (χ1) is 9.56. The highest BCUT2D eigenvalue weighted by atomic mass is 35.5. The monoisotopic (exact) mass is 315 g/mol. The highest BCUT2D eigenvalue weighted by Gasteiger charge is 2.18. The zero-order valence-electron chi connectivity index (χ0n) is 11.5. The van der Waals surface area contributed by atoms with Crippen LogP contribution in [0.3, 0.4) is 0 Å². The molecular weight excluding hydrogens is 297 g/mol. The summed E-state index contributed by atoms with van der Waals surface area (Å²) < 4.78 is 0. The molecule has 2 rings (SSSR count). The zero-order valence-corrected chi connectivity index (χ0v) is 13.0. The number of carbonyl (C=O) groups is 1. The lowest BCUT2D eigenvalue weighted by atomic mass is 9.81. The van der Waals surface area contributed by atoms with Gasteiger partial charge in [0.05, 0.1) is 5.56 Å². The first kappa shape index (κ1) is 15.5. The minimum atomic E-state index is -0.240. The molecule has 0 aromatic carbocycles. The van der Waals surface area contributed by atoms with Gasteiger partial charge in [0, 0.05) is 6.54 Å². The molecule has 1 aromatic heterocycles. The second-order valence-corrected chi connectivity index (χ2v) is 6.29. The molecule has 1 aromatic rings. The van der Waals surface area contributed by atoms with Crippen LogP contribution in [0.2, 0.25) is 10.3 Å². The van der Waals surface area contributed by atoms with Crippen LogP contribution >= 0.6 is 23.2 Å².